The van der Waals surface area contributed by atoms with Crippen LogP contribution in [0.2, 0.25) is 0 Å². The maximum atomic E-state index is 12.1. The van der Waals surface area contributed by atoms with Crippen molar-refractivity contribution in [3.05, 3.63) is 65.0 Å². The molecule has 1 unspecified atom stereocenters. The predicted molar refractivity (Wildman–Crippen MR) is 76.0 cm³/mol. The number of aryl methyl sites for hydroxylation is 2. The molecule has 0 saturated carbocycles. The number of aromatic nitrogens is 1. The van der Waals surface area contributed by atoms with E-state index >= 15 is 0 Å². The highest BCUT2D eigenvalue weighted by molar-refractivity contribution is 5.92. The molecule has 3 heteroatoms. The van der Waals surface area contributed by atoms with Crippen molar-refractivity contribution in [1.29, 1.82) is 0 Å². The van der Waals surface area contributed by atoms with Gasteiger partial charge in [0.1, 0.15) is 5.69 Å². The van der Waals surface area contributed by atoms with E-state index in [0.717, 1.165) is 5.56 Å². The Morgan fingerprint density at radius 1 is 1.21 bits per heavy atom. The Morgan fingerprint density at radius 3 is 2.68 bits per heavy atom. The van der Waals surface area contributed by atoms with Crippen molar-refractivity contribution in [2.75, 3.05) is 0 Å². The van der Waals surface area contributed by atoms with Crippen LogP contribution >= 0.6 is 0 Å². The number of carbonyl (C=O) groups excluding carboxylic acids is 1. The van der Waals surface area contributed by atoms with Gasteiger partial charge in [-0.15, -0.1) is 0 Å². The molecule has 1 N–H and O–H groups in total. The van der Waals surface area contributed by atoms with E-state index in [9.17, 15) is 4.79 Å². The fourth-order valence-electron chi connectivity index (χ4n) is 2.07. The highest BCUT2D eigenvalue weighted by Gasteiger charge is 2.13. The first kappa shape index (κ1) is 13.3. The number of carbonyl (C=O) groups is 1. The van der Waals surface area contributed by atoms with Crippen LogP contribution in [0.25, 0.3) is 0 Å². The van der Waals surface area contributed by atoms with E-state index < -0.39 is 0 Å². The molecule has 2 aromatic rings. The maximum Gasteiger partial charge on any atom is 0.270 e. The minimum Gasteiger partial charge on any atom is -0.344 e. The topological polar surface area (TPSA) is 42.0 Å². The predicted octanol–water partition coefficient (Wildman–Crippen LogP) is 3.19. The second-order valence-corrected chi connectivity index (χ2v) is 4.77. The third kappa shape index (κ3) is 3.19. The number of pyridine rings is 1. The number of rotatable bonds is 3. The van der Waals surface area contributed by atoms with Crippen LogP contribution in [0.15, 0.2) is 42.6 Å². The van der Waals surface area contributed by atoms with E-state index in [1.807, 2.05) is 13.0 Å². The Labute approximate surface area is 113 Å². The van der Waals surface area contributed by atoms with Gasteiger partial charge in [0, 0.05) is 6.20 Å². The zero-order valence-electron chi connectivity index (χ0n) is 11.5. The van der Waals surface area contributed by atoms with E-state index in [1.54, 1.807) is 18.3 Å². The molecule has 1 heterocycles. The van der Waals surface area contributed by atoms with Crippen molar-refractivity contribution in [1.82, 2.24) is 10.3 Å². The van der Waals surface area contributed by atoms with E-state index in [2.05, 4.69) is 42.3 Å². The summed E-state index contributed by atoms with van der Waals surface area (Å²) >= 11 is 0. The first-order chi connectivity index (χ1) is 9.08. The number of hydrogen-bond acceptors (Lipinski definition) is 2. The number of nitrogens with one attached hydrogen (secondary N) is 1. The highest BCUT2D eigenvalue weighted by Crippen LogP contribution is 2.19. The van der Waals surface area contributed by atoms with Crippen molar-refractivity contribution in [2.24, 2.45) is 0 Å². The number of nitrogens with zero attached hydrogens (tertiary/aromatic N) is 1. The summed E-state index contributed by atoms with van der Waals surface area (Å²) in [6.07, 6.45) is 1.62. The molecular formula is C16H18N2O. The Morgan fingerprint density at radius 2 is 2.00 bits per heavy atom. The van der Waals surface area contributed by atoms with Gasteiger partial charge in [-0.25, -0.2) is 0 Å². The minimum absolute atomic E-state index is 0.0330. The van der Waals surface area contributed by atoms with Crippen molar-refractivity contribution in [3.8, 4) is 0 Å². The lowest BCUT2D eigenvalue weighted by Gasteiger charge is -2.17. The van der Waals surface area contributed by atoms with Crippen molar-refractivity contribution in [3.63, 3.8) is 0 Å². The second-order valence-electron chi connectivity index (χ2n) is 4.77. The van der Waals surface area contributed by atoms with Gasteiger partial charge in [0.25, 0.3) is 5.91 Å². The molecule has 0 aliphatic heterocycles. The summed E-state index contributed by atoms with van der Waals surface area (Å²) < 4.78 is 0. The molecule has 0 radical (unpaired) electrons. The van der Waals surface area contributed by atoms with Gasteiger partial charge in [-0.1, -0.05) is 29.8 Å². The number of benzene rings is 1. The SMILES string of the molecule is Cc1ccc(C)c(C(C)NC(=O)c2ccccn2)c1. The lowest BCUT2D eigenvalue weighted by molar-refractivity contribution is 0.0935. The average Bonchev–Trinajstić information content (AvgIpc) is 2.42. The van der Waals surface area contributed by atoms with E-state index in [4.69, 9.17) is 0 Å². The van der Waals surface area contributed by atoms with Gasteiger partial charge in [-0.2, -0.15) is 0 Å². The van der Waals surface area contributed by atoms with Crippen molar-refractivity contribution < 1.29 is 4.79 Å². The summed E-state index contributed by atoms with van der Waals surface area (Å²) in [7, 11) is 0. The van der Waals surface area contributed by atoms with Gasteiger partial charge >= 0.3 is 0 Å². The summed E-state index contributed by atoms with van der Waals surface area (Å²) in [6, 6.07) is 11.5. The molecule has 98 valence electrons. The molecule has 1 aromatic carbocycles. The Hall–Kier alpha value is -2.16. The van der Waals surface area contributed by atoms with Crippen LogP contribution in [-0.2, 0) is 0 Å². The summed E-state index contributed by atoms with van der Waals surface area (Å²) in [6.45, 7) is 6.09. The summed E-state index contributed by atoms with van der Waals surface area (Å²) in [5, 5.41) is 2.98. The summed E-state index contributed by atoms with van der Waals surface area (Å²) in [5.74, 6) is -0.144. The molecule has 0 saturated heterocycles. The molecule has 0 spiro atoms. The summed E-state index contributed by atoms with van der Waals surface area (Å²) in [5.41, 5.74) is 3.96. The molecular weight excluding hydrogens is 236 g/mol. The maximum absolute atomic E-state index is 12.1. The van der Waals surface area contributed by atoms with Gasteiger partial charge < -0.3 is 5.32 Å². The second kappa shape index (κ2) is 5.65. The zero-order chi connectivity index (χ0) is 13.8. The largest absolute Gasteiger partial charge is 0.344 e. The Bertz CT molecular complexity index is 579. The van der Waals surface area contributed by atoms with Gasteiger partial charge in [0.2, 0.25) is 0 Å². The average molecular weight is 254 g/mol. The van der Waals surface area contributed by atoms with E-state index in [1.165, 1.54) is 11.1 Å². The van der Waals surface area contributed by atoms with Gasteiger partial charge in [0.05, 0.1) is 6.04 Å². The quantitative estimate of drug-likeness (QED) is 0.914. The lowest BCUT2D eigenvalue weighted by atomic mass is 10.00. The Kier molecular flexibility index (Phi) is 3.95. The summed E-state index contributed by atoms with van der Waals surface area (Å²) in [4.78, 5) is 16.1. The number of amides is 1. The molecule has 0 aliphatic carbocycles. The van der Waals surface area contributed by atoms with Crippen LogP contribution in [0.4, 0.5) is 0 Å². The van der Waals surface area contributed by atoms with Crippen LogP contribution in [0, 0.1) is 13.8 Å². The monoisotopic (exact) mass is 254 g/mol. The minimum atomic E-state index is -0.144. The zero-order valence-corrected chi connectivity index (χ0v) is 11.5. The standard InChI is InChI=1S/C16H18N2O/c1-11-7-8-12(2)14(10-11)13(3)18-16(19)15-6-4-5-9-17-15/h4-10,13H,1-3H3,(H,18,19). The van der Waals surface area contributed by atoms with Crippen molar-refractivity contribution >= 4 is 5.91 Å². The van der Waals surface area contributed by atoms with Crippen LogP contribution in [0.1, 0.15) is 40.1 Å². The smallest absolute Gasteiger partial charge is 0.270 e. The fourth-order valence-corrected chi connectivity index (χ4v) is 2.07. The molecule has 2 rings (SSSR count). The molecule has 1 amide bonds. The fraction of sp³-hybridized carbons (Fsp3) is 0.250. The van der Waals surface area contributed by atoms with Gasteiger partial charge in [-0.05, 0) is 44.0 Å². The lowest BCUT2D eigenvalue weighted by Crippen LogP contribution is -2.27. The highest BCUT2D eigenvalue weighted by atomic mass is 16.1. The van der Waals surface area contributed by atoms with Crippen molar-refractivity contribution in [2.45, 2.75) is 26.8 Å². The van der Waals surface area contributed by atoms with Crippen LogP contribution in [0.3, 0.4) is 0 Å². The van der Waals surface area contributed by atoms with Crippen LogP contribution in [-0.4, -0.2) is 10.9 Å². The van der Waals surface area contributed by atoms with Crippen LogP contribution < -0.4 is 5.32 Å². The number of hydrogen-bond donors (Lipinski definition) is 1. The van der Waals surface area contributed by atoms with E-state index in [-0.39, 0.29) is 11.9 Å². The third-order valence-corrected chi connectivity index (χ3v) is 3.15. The molecule has 19 heavy (non-hydrogen) atoms. The molecule has 0 fully saturated rings. The van der Waals surface area contributed by atoms with Gasteiger partial charge in [-0.3, -0.25) is 9.78 Å². The normalized spacial score (nSPS) is 11.9. The first-order valence-electron chi connectivity index (χ1n) is 6.37. The van der Waals surface area contributed by atoms with E-state index in [0.29, 0.717) is 5.69 Å². The third-order valence-electron chi connectivity index (χ3n) is 3.15. The molecule has 1 atom stereocenters. The Balaban J connectivity index is 2.15. The molecule has 1 aromatic heterocycles. The van der Waals surface area contributed by atoms with Crippen LogP contribution in [0.5, 0.6) is 0 Å². The molecule has 0 aliphatic rings. The molecule has 3 nitrogen and oxygen atoms in total. The molecule has 0 bridgehead atoms. The van der Waals surface area contributed by atoms with Gasteiger partial charge in [0.15, 0.2) is 0 Å². The first-order valence-corrected chi connectivity index (χ1v) is 6.37.